The van der Waals surface area contributed by atoms with Crippen LogP contribution in [0.3, 0.4) is 0 Å². The number of fused-ring (bicyclic) bond motifs is 1. The predicted octanol–water partition coefficient (Wildman–Crippen LogP) is 3.75. The number of aromatic nitrogens is 3. The van der Waals surface area contributed by atoms with Gasteiger partial charge in [0.15, 0.2) is 6.23 Å². The molecule has 3 aromatic rings. The van der Waals surface area contributed by atoms with Crippen molar-refractivity contribution < 1.29 is 9.90 Å². The number of rotatable bonds is 6. The molecule has 0 bridgehead atoms. The topological polar surface area (TPSA) is 103 Å². The van der Waals surface area contributed by atoms with Crippen molar-refractivity contribution in [1.82, 2.24) is 25.2 Å². The molecule has 1 amide bonds. The molecule has 0 spiro atoms. The van der Waals surface area contributed by atoms with Gasteiger partial charge in [0.2, 0.25) is 11.9 Å². The minimum atomic E-state index is -0.884. The standard InChI is InChI=1S/C22H27ClN6O2S/c1-12(13-7-14(23)9-24-8-13)25-21-27-16-5-6-32-18(16)17(28-21)19(30)29-10-15(11-29)26-20(31)22(2,3)4/h5-9,12,15,19,30H,10-11H2,1-4H3,(H,26,31)(H,25,27,28). The zero-order chi connectivity index (χ0) is 23.0. The average molecular weight is 475 g/mol. The molecule has 0 radical (unpaired) electrons. The van der Waals surface area contributed by atoms with Crippen LogP contribution in [0.25, 0.3) is 10.2 Å². The number of likely N-dealkylation sites (tertiary alicyclic amines) is 1. The largest absolute Gasteiger partial charge is 0.372 e. The van der Waals surface area contributed by atoms with E-state index in [0.717, 1.165) is 15.8 Å². The second-order valence-corrected chi connectivity index (χ2v) is 10.5. The minimum absolute atomic E-state index is 0.00954. The molecule has 3 N–H and O–H groups in total. The zero-order valence-electron chi connectivity index (χ0n) is 18.5. The minimum Gasteiger partial charge on any atom is -0.372 e. The van der Waals surface area contributed by atoms with Crippen LogP contribution in [-0.4, -0.2) is 50.0 Å². The summed E-state index contributed by atoms with van der Waals surface area (Å²) in [7, 11) is 0. The van der Waals surface area contributed by atoms with Crippen molar-refractivity contribution in [3.8, 4) is 0 Å². The fourth-order valence-electron chi connectivity index (χ4n) is 3.45. The predicted molar refractivity (Wildman–Crippen MR) is 127 cm³/mol. The van der Waals surface area contributed by atoms with Crippen LogP contribution in [0.15, 0.2) is 29.9 Å². The van der Waals surface area contributed by atoms with E-state index < -0.39 is 11.6 Å². The molecule has 4 heterocycles. The Morgan fingerprint density at radius 3 is 2.75 bits per heavy atom. The summed E-state index contributed by atoms with van der Waals surface area (Å²) in [4.78, 5) is 27.5. The second-order valence-electron chi connectivity index (χ2n) is 9.12. The van der Waals surface area contributed by atoms with Gasteiger partial charge in [0.1, 0.15) is 5.69 Å². The maximum Gasteiger partial charge on any atom is 0.225 e. The number of thiophene rings is 1. The van der Waals surface area contributed by atoms with E-state index in [-0.39, 0.29) is 18.0 Å². The molecule has 0 saturated carbocycles. The average Bonchev–Trinajstić information content (AvgIpc) is 3.17. The maximum atomic E-state index is 12.2. The molecule has 1 saturated heterocycles. The highest BCUT2D eigenvalue weighted by molar-refractivity contribution is 7.17. The lowest BCUT2D eigenvalue weighted by atomic mass is 9.94. The van der Waals surface area contributed by atoms with E-state index in [1.54, 1.807) is 12.4 Å². The van der Waals surface area contributed by atoms with Crippen LogP contribution in [0.2, 0.25) is 5.02 Å². The Morgan fingerprint density at radius 2 is 2.06 bits per heavy atom. The molecule has 8 nitrogen and oxygen atoms in total. The van der Waals surface area contributed by atoms with Gasteiger partial charge in [0.05, 0.1) is 27.3 Å². The molecular formula is C22H27ClN6O2S. The molecule has 0 aromatic carbocycles. The number of aliphatic hydroxyl groups is 1. The number of anilines is 1. The number of amides is 1. The van der Waals surface area contributed by atoms with Crippen LogP contribution in [0.1, 0.15) is 51.2 Å². The third kappa shape index (κ3) is 4.85. The van der Waals surface area contributed by atoms with Crippen molar-refractivity contribution in [1.29, 1.82) is 0 Å². The van der Waals surface area contributed by atoms with Gasteiger partial charge < -0.3 is 15.7 Å². The summed E-state index contributed by atoms with van der Waals surface area (Å²) in [6, 6.07) is 3.65. The molecule has 3 aromatic heterocycles. The van der Waals surface area contributed by atoms with Crippen LogP contribution in [-0.2, 0) is 4.79 Å². The lowest BCUT2D eigenvalue weighted by Crippen LogP contribution is -2.61. The number of hydrogen-bond donors (Lipinski definition) is 3. The highest BCUT2D eigenvalue weighted by Gasteiger charge is 2.36. The van der Waals surface area contributed by atoms with Crippen molar-refractivity contribution in [2.45, 2.75) is 46.0 Å². The lowest BCUT2D eigenvalue weighted by molar-refractivity contribution is -0.132. The van der Waals surface area contributed by atoms with Crippen LogP contribution < -0.4 is 10.6 Å². The quantitative estimate of drug-likeness (QED) is 0.499. The van der Waals surface area contributed by atoms with Gasteiger partial charge in [0.25, 0.3) is 0 Å². The summed E-state index contributed by atoms with van der Waals surface area (Å²) < 4.78 is 0.849. The Morgan fingerprint density at radius 1 is 1.31 bits per heavy atom. The van der Waals surface area contributed by atoms with Crippen LogP contribution >= 0.6 is 22.9 Å². The zero-order valence-corrected chi connectivity index (χ0v) is 20.0. The third-order valence-electron chi connectivity index (χ3n) is 5.42. The Balaban J connectivity index is 1.49. The van der Waals surface area contributed by atoms with Gasteiger partial charge in [-0.15, -0.1) is 11.3 Å². The summed E-state index contributed by atoms with van der Waals surface area (Å²) in [6.45, 7) is 8.76. The van der Waals surface area contributed by atoms with Gasteiger partial charge in [-0.25, -0.2) is 9.97 Å². The van der Waals surface area contributed by atoms with Gasteiger partial charge in [0, 0.05) is 30.9 Å². The summed E-state index contributed by atoms with van der Waals surface area (Å²) in [5.74, 6) is 0.436. The number of hydrogen-bond acceptors (Lipinski definition) is 8. The second kappa shape index (κ2) is 8.90. The lowest BCUT2D eigenvalue weighted by Gasteiger charge is -2.42. The van der Waals surface area contributed by atoms with Crippen LogP contribution in [0.4, 0.5) is 5.95 Å². The number of nitrogens with one attached hydrogen (secondary N) is 2. The summed E-state index contributed by atoms with van der Waals surface area (Å²) in [5, 5.41) is 19.9. The first-order chi connectivity index (χ1) is 15.1. The van der Waals surface area contributed by atoms with E-state index in [9.17, 15) is 9.90 Å². The van der Waals surface area contributed by atoms with Gasteiger partial charge in [-0.3, -0.25) is 14.7 Å². The number of aliphatic hydroxyl groups excluding tert-OH is 1. The van der Waals surface area contributed by atoms with Gasteiger partial charge >= 0.3 is 0 Å². The molecule has 1 fully saturated rings. The third-order valence-corrected chi connectivity index (χ3v) is 6.55. The van der Waals surface area contributed by atoms with Gasteiger partial charge in [-0.2, -0.15) is 0 Å². The fraction of sp³-hybridized carbons (Fsp3) is 0.455. The van der Waals surface area contributed by atoms with Crippen LogP contribution in [0.5, 0.6) is 0 Å². The molecule has 4 rings (SSSR count). The number of nitrogens with zero attached hydrogens (tertiary/aromatic N) is 4. The Hall–Kier alpha value is -2.33. The number of pyridine rings is 1. The first-order valence-electron chi connectivity index (χ1n) is 10.5. The van der Waals surface area contributed by atoms with Crippen molar-refractivity contribution in [2.75, 3.05) is 18.4 Å². The summed E-state index contributed by atoms with van der Waals surface area (Å²) in [6.07, 6.45) is 2.45. The van der Waals surface area contributed by atoms with Crippen LogP contribution in [0, 0.1) is 5.41 Å². The normalized spacial score (nSPS) is 17.1. The van der Waals surface area contributed by atoms with E-state index in [4.69, 9.17) is 11.6 Å². The molecule has 0 aliphatic carbocycles. The molecule has 1 aliphatic heterocycles. The number of carbonyl (C=O) groups is 1. The number of halogens is 1. The van der Waals surface area contributed by atoms with Gasteiger partial charge in [-0.05, 0) is 30.0 Å². The van der Waals surface area contributed by atoms with Crippen molar-refractivity contribution in [2.24, 2.45) is 5.41 Å². The summed E-state index contributed by atoms with van der Waals surface area (Å²) >= 11 is 7.56. The van der Waals surface area contributed by atoms with E-state index in [0.29, 0.717) is 29.8 Å². The van der Waals surface area contributed by atoms with E-state index in [1.807, 2.05) is 50.1 Å². The number of carbonyl (C=O) groups excluding carboxylic acids is 1. The van der Waals surface area contributed by atoms with Gasteiger partial charge in [-0.1, -0.05) is 32.4 Å². The smallest absolute Gasteiger partial charge is 0.225 e. The highest BCUT2D eigenvalue weighted by Crippen LogP contribution is 2.32. The van der Waals surface area contributed by atoms with Crippen molar-refractivity contribution >= 4 is 45.0 Å². The molecule has 170 valence electrons. The molecule has 1 aliphatic rings. The molecular weight excluding hydrogens is 448 g/mol. The molecule has 2 atom stereocenters. The Kier molecular flexibility index (Phi) is 6.35. The fourth-order valence-corrected chi connectivity index (χ4v) is 4.47. The van der Waals surface area contributed by atoms with E-state index in [1.165, 1.54) is 11.3 Å². The maximum absolute atomic E-state index is 12.2. The highest BCUT2D eigenvalue weighted by atomic mass is 35.5. The SMILES string of the molecule is CC(Nc1nc(C(O)N2CC(NC(=O)C(C)(C)C)C2)c2sccc2n1)c1cncc(Cl)c1. The first-order valence-corrected chi connectivity index (χ1v) is 11.7. The molecule has 2 unspecified atom stereocenters. The van der Waals surface area contributed by atoms with E-state index in [2.05, 4.69) is 25.6 Å². The first kappa shape index (κ1) is 22.8. The monoisotopic (exact) mass is 474 g/mol. The Labute approximate surface area is 196 Å². The Bertz CT molecular complexity index is 1130. The van der Waals surface area contributed by atoms with Crippen molar-refractivity contribution in [3.05, 3.63) is 46.2 Å². The summed E-state index contributed by atoms with van der Waals surface area (Å²) in [5.41, 5.74) is 1.80. The molecule has 10 heteroatoms. The van der Waals surface area contributed by atoms with Crippen molar-refractivity contribution in [3.63, 3.8) is 0 Å². The molecule has 32 heavy (non-hydrogen) atoms. The van der Waals surface area contributed by atoms with E-state index >= 15 is 0 Å².